The summed E-state index contributed by atoms with van der Waals surface area (Å²) < 4.78 is 33.1. The van der Waals surface area contributed by atoms with E-state index in [0.717, 1.165) is 19.1 Å². The van der Waals surface area contributed by atoms with E-state index in [-0.39, 0.29) is 29.3 Å². The molecule has 0 aliphatic carbocycles. The summed E-state index contributed by atoms with van der Waals surface area (Å²) >= 11 is 0. The van der Waals surface area contributed by atoms with E-state index in [1.54, 1.807) is 0 Å². The number of carbonyl (C=O) groups is 1. The van der Waals surface area contributed by atoms with Crippen LogP contribution in [0.5, 0.6) is 23.0 Å². The number of aromatic hydroxyl groups is 3. The van der Waals surface area contributed by atoms with Gasteiger partial charge in [0.15, 0.2) is 18.2 Å². The van der Waals surface area contributed by atoms with Gasteiger partial charge in [0, 0.05) is 24.6 Å². The second kappa shape index (κ2) is 12.5. The number of hydrogen-bond acceptors (Lipinski definition) is 16. The number of rotatable bonds is 7. The highest BCUT2D eigenvalue weighted by Gasteiger charge is 2.47. The first-order valence-electron chi connectivity index (χ1n) is 13.3. The number of phenols is 3. The van der Waals surface area contributed by atoms with Crippen molar-refractivity contribution in [3.63, 3.8) is 0 Å². The van der Waals surface area contributed by atoms with Gasteiger partial charge >= 0.3 is 5.97 Å². The molecule has 9 atom stereocenters. The van der Waals surface area contributed by atoms with E-state index in [1.165, 1.54) is 24.3 Å². The minimum Gasteiger partial charge on any atom is -0.508 e. The fourth-order valence-electron chi connectivity index (χ4n) is 4.86. The zero-order chi connectivity index (χ0) is 31.9. The molecule has 2 aromatic carbocycles. The van der Waals surface area contributed by atoms with Gasteiger partial charge in [-0.1, -0.05) is 0 Å². The zero-order valence-corrected chi connectivity index (χ0v) is 22.9. The van der Waals surface area contributed by atoms with Gasteiger partial charge in [-0.05, 0) is 24.3 Å². The van der Waals surface area contributed by atoms with Gasteiger partial charge in [0.1, 0.15) is 64.8 Å². The average molecular weight is 623 g/mol. The molecule has 0 amide bonds. The molecule has 3 heterocycles. The quantitative estimate of drug-likeness (QED) is 0.144. The molecule has 16 nitrogen and oxygen atoms in total. The predicted octanol–water partition coefficient (Wildman–Crippen LogP) is -1.21. The van der Waals surface area contributed by atoms with Crippen LogP contribution in [0, 0.1) is 0 Å². The summed E-state index contributed by atoms with van der Waals surface area (Å²) in [7, 11) is 0. The first-order valence-corrected chi connectivity index (χ1v) is 13.3. The van der Waals surface area contributed by atoms with Crippen LogP contribution < -0.4 is 10.2 Å². The van der Waals surface area contributed by atoms with Crippen molar-refractivity contribution < 1.29 is 73.7 Å². The maximum absolute atomic E-state index is 13.6. The van der Waals surface area contributed by atoms with Crippen molar-refractivity contribution in [2.45, 2.75) is 62.2 Å². The fourth-order valence-corrected chi connectivity index (χ4v) is 4.86. The smallest absolute Gasteiger partial charge is 0.303 e. The molecule has 5 rings (SSSR count). The van der Waals surface area contributed by atoms with Crippen LogP contribution in [0.2, 0.25) is 0 Å². The highest BCUT2D eigenvalue weighted by Crippen LogP contribution is 2.37. The predicted molar refractivity (Wildman–Crippen MR) is 143 cm³/mol. The number of fused-ring (bicyclic) bond motifs is 1. The molecular formula is C28H30O16. The molecule has 0 saturated carbocycles. The third-order valence-electron chi connectivity index (χ3n) is 7.11. The third-order valence-corrected chi connectivity index (χ3v) is 7.11. The van der Waals surface area contributed by atoms with E-state index in [2.05, 4.69) is 0 Å². The van der Waals surface area contributed by atoms with E-state index >= 15 is 0 Å². The number of benzene rings is 2. The summed E-state index contributed by atoms with van der Waals surface area (Å²) in [6.45, 7) is 0.0943. The second-order valence-electron chi connectivity index (χ2n) is 10.3. The number of phenolic OH excluding ortho intramolecular Hbond substituents is 3. The lowest BCUT2D eigenvalue weighted by molar-refractivity contribution is -0.309. The Hall–Kier alpha value is -4.00. The molecule has 1 aromatic heterocycles. The molecule has 0 spiro atoms. The Morgan fingerprint density at radius 3 is 2.30 bits per heavy atom. The number of carbonyl (C=O) groups excluding carboxylic acids is 1. The Morgan fingerprint density at radius 2 is 1.61 bits per heavy atom. The van der Waals surface area contributed by atoms with Crippen molar-refractivity contribution in [3.05, 3.63) is 46.6 Å². The van der Waals surface area contributed by atoms with Crippen LogP contribution in [0.3, 0.4) is 0 Å². The van der Waals surface area contributed by atoms with Gasteiger partial charge in [0.05, 0.1) is 13.2 Å². The Kier molecular flexibility index (Phi) is 8.96. The molecule has 3 aromatic rings. The topological polar surface area (TPSA) is 255 Å². The van der Waals surface area contributed by atoms with Gasteiger partial charge in [-0.2, -0.15) is 0 Å². The SMILES string of the molecule is CC(=O)OC1[C@H](OCC2O[C@@H](Oc3c(-c4ccc(O)cc4)oc4cc(O)cc(O)c4c3=O)C(O)C(O)[C@H]2O)OC[C@H](O)[C@@H]1O. The molecular weight excluding hydrogens is 592 g/mol. The van der Waals surface area contributed by atoms with Gasteiger partial charge < -0.3 is 69.0 Å². The molecule has 2 aliphatic rings. The van der Waals surface area contributed by atoms with E-state index in [4.69, 9.17) is 28.1 Å². The van der Waals surface area contributed by atoms with Gasteiger partial charge in [-0.15, -0.1) is 0 Å². The van der Waals surface area contributed by atoms with E-state index in [1.807, 2.05) is 0 Å². The fraction of sp³-hybridized carbons (Fsp3) is 0.429. The summed E-state index contributed by atoms with van der Waals surface area (Å²) in [6.07, 6.45) is -14.7. The molecule has 44 heavy (non-hydrogen) atoms. The summed E-state index contributed by atoms with van der Waals surface area (Å²) in [4.78, 5) is 25.1. The number of ether oxygens (including phenoxy) is 5. The Balaban J connectivity index is 1.45. The Labute approximate surface area is 247 Å². The van der Waals surface area contributed by atoms with Crippen molar-refractivity contribution in [1.29, 1.82) is 0 Å². The lowest BCUT2D eigenvalue weighted by atomic mass is 9.99. The monoisotopic (exact) mass is 622 g/mol. The maximum atomic E-state index is 13.6. The van der Waals surface area contributed by atoms with E-state index in [9.17, 15) is 50.4 Å². The lowest BCUT2D eigenvalue weighted by Gasteiger charge is -2.41. The van der Waals surface area contributed by atoms with Crippen LogP contribution in [0.15, 0.2) is 45.6 Å². The molecule has 16 heteroatoms. The molecule has 4 unspecified atom stereocenters. The number of aliphatic hydroxyl groups excluding tert-OH is 5. The summed E-state index contributed by atoms with van der Waals surface area (Å²) in [5, 5.41) is 81.7. The van der Waals surface area contributed by atoms with E-state index in [0.29, 0.717) is 0 Å². The van der Waals surface area contributed by atoms with Crippen LogP contribution in [0.4, 0.5) is 0 Å². The van der Waals surface area contributed by atoms with Crippen LogP contribution in [0.25, 0.3) is 22.3 Å². The second-order valence-corrected chi connectivity index (χ2v) is 10.3. The highest BCUT2D eigenvalue weighted by molar-refractivity contribution is 5.88. The van der Waals surface area contributed by atoms with Crippen LogP contribution >= 0.6 is 0 Å². The van der Waals surface area contributed by atoms with Crippen molar-refractivity contribution >= 4 is 16.9 Å². The highest BCUT2D eigenvalue weighted by atomic mass is 16.7. The van der Waals surface area contributed by atoms with Crippen LogP contribution in [-0.2, 0) is 23.7 Å². The normalized spacial score (nSPS) is 30.6. The van der Waals surface area contributed by atoms with E-state index < -0.39 is 95.9 Å². The number of hydrogen-bond donors (Lipinski definition) is 8. The van der Waals surface area contributed by atoms with Crippen molar-refractivity contribution in [3.8, 4) is 34.3 Å². The minimum atomic E-state index is -1.94. The standard InChI is InChI=1S/C28H30O16/c1-10(29)41-26-19(34)15(33)8-39-28(26)40-9-17-20(35)22(37)23(38)27(43-17)44-25-21(36)18-14(32)6-13(31)7-16(18)42-24(25)11-2-4-12(30)5-3-11/h2-7,15,17,19-20,22-23,26-28,30-35,37-38H,8-9H2,1H3/t15-,17?,19-,20-,22?,23?,26?,27-,28-/m0/s1. The summed E-state index contributed by atoms with van der Waals surface area (Å²) in [6, 6.07) is 7.30. The van der Waals surface area contributed by atoms with Gasteiger partial charge in [0.25, 0.3) is 0 Å². The van der Waals surface area contributed by atoms with Gasteiger partial charge in [-0.3, -0.25) is 9.59 Å². The molecule has 8 N–H and O–H groups in total. The minimum absolute atomic E-state index is 0.111. The third kappa shape index (κ3) is 6.15. The largest absolute Gasteiger partial charge is 0.508 e. The first kappa shape index (κ1) is 31.4. The van der Waals surface area contributed by atoms with Gasteiger partial charge in [0.2, 0.25) is 17.5 Å². The van der Waals surface area contributed by atoms with Crippen LogP contribution in [0.1, 0.15) is 6.92 Å². The average Bonchev–Trinajstić information content (AvgIpc) is 2.97. The Morgan fingerprint density at radius 1 is 0.909 bits per heavy atom. The van der Waals surface area contributed by atoms with Gasteiger partial charge in [-0.25, -0.2) is 0 Å². The molecule has 0 bridgehead atoms. The molecule has 238 valence electrons. The zero-order valence-electron chi connectivity index (χ0n) is 22.9. The lowest BCUT2D eigenvalue weighted by Crippen LogP contribution is -2.61. The summed E-state index contributed by atoms with van der Waals surface area (Å²) in [5.41, 5.74) is -0.989. The molecule has 0 radical (unpaired) electrons. The van der Waals surface area contributed by atoms with Crippen molar-refractivity contribution in [2.75, 3.05) is 13.2 Å². The molecule has 2 saturated heterocycles. The van der Waals surface area contributed by atoms with Crippen molar-refractivity contribution in [1.82, 2.24) is 0 Å². The summed E-state index contributed by atoms with van der Waals surface area (Å²) in [5.74, 6) is -2.83. The molecule has 2 fully saturated rings. The number of aliphatic hydroxyl groups is 5. The maximum Gasteiger partial charge on any atom is 0.303 e. The first-order chi connectivity index (χ1) is 20.8. The van der Waals surface area contributed by atoms with Crippen molar-refractivity contribution in [2.24, 2.45) is 0 Å². The van der Waals surface area contributed by atoms with Crippen LogP contribution in [-0.4, -0.2) is 115 Å². The molecule has 2 aliphatic heterocycles. The number of esters is 1. The Bertz CT molecular complexity index is 1550.